The second-order valence-corrected chi connectivity index (χ2v) is 6.51. The highest BCUT2D eigenvalue weighted by atomic mass is 127. The molecule has 0 unspecified atom stereocenters. The summed E-state index contributed by atoms with van der Waals surface area (Å²) in [6, 6.07) is 5.38. The smallest absolute Gasteiger partial charge is 0.252 e. The van der Waals surface area contributed by atoms with Crippen molar-refractivity contribution in [3.05, 3.63) is 32.4 Å². The number of rotatable bonds is 3. The van der Waals surface area contributed by atoms with Gasteiger partial charge in [0.15, 0.2) is 0 Å². The van der Waals surface area contributed by atoms with Crippen molar-refractivity contribution in [3.8, 4) is 0 Å². The summed E-state index contributed by atoms with van der Waals surface area (Å²) in [6.45, 7) is 0. The van der Waals surface area contributed by atoms with E-state index < -0.39 is 0 Å². The number of halogens is 3. The van der Waals surface area contributed by atoms with Crippen LogP contribution in [0.2, 0.25) is 5.02 Å². The molecule has 0 radical (unpaired) electrons. The quantitative estimate of drug-likeness (QED) is 0.573. The molecule has 2 rings (SSSR count). The van der Waals surface area contributed by atoms with Gasteiger partial charge in [-0.15, -0.1) is 0 Å². The molecule has 0 atom stereocenters. The van der Waals surface area contributed by atoms with Gasteiger partial charge in [0.05, 0.1) is 11.1 Å². The van der Waals surface area contributed by atoms with E-state index in [9.17, 15) is 4.79 Å². The maximum Gasteiger partial charge on any atom is 0.252 e. The number of carbonyl (C=O) groups excluding carboxylic acids is 1. The number of nitrogens with one attached hydrogen (secondary N) is 1. The van der Waals surface area contributed by atoms with Crippen LogP contribution in [0.25, 0.3) is 0 Å². The fraction of sp³-hybridized carbons (Fsp3) is 0.417. The van der Waals surface area contributed by atoms with E-state index in [1.165, 1.54) is 6.42 Å². The molecule has 0 saturated heterocycles. The third-order valence-corrected chi connectivity index (χ3v) is 5.37. The van der Waals surface area contributed by atoms with E-state index in [2.05, 4.69) is 43.8 Å². The first kappa shape index (κ1) is 13.6. The van der Waals surface area contributed by atoms with Crippen LogP contribution in [0.4, 0.5) is 0 Å². The lowest BCUT2D eigenvalue weighted by molar-refractivity contribution is 0.0855. The number of amides is 1. The Hall–Kier alpha value is 0.190. The van der Waals surface area contributed by atoms with Gasteiger partial charge < -0.3 is 5.32 Å². The zero-order valence-electron chi connectivity index (χ0n) is 9.10. The van der Waals surface area contributed by atoms with Crippen LogP contribution in [0.3, 0.4) is 0 Å². The summed E-state index contributed by atoms with van der Waals surface area (Å²) >= 11 is 11.6. The molecule has 1 amide bonds. The Labute approximate surface area is 128 Å². The summed E-state index contributed by atoms with van der Waals surface area (Å²) < 4.78 is 0.925. The van der Waals surface area contributed by atoms with Crippen LogP contribution in [0.15, 0.2) is 18.2 Å². The molecule has 1 aromatic carbocycles. The van der Waals surface area contributed by atoms with Crippen LogP contribution in [-0.2, 0) is 0 Å². The van der Waals surface area contributed by atoms with Gasteiger partial charge >= 0.3 is 0 Å². The van der Waals surface area contributed by atoms with E-state index >= 15 is 0 Å². The lowest BCUT2D eigenvalue weighted by Gasteiger charge is -2.41. The Bertz CT molecular complexity index is 443. The van der Waals surface area contributed by atoms with Gasteiger partial charge in [0.25, 0.3) is 5.91 Å². The highest BCUT2D eigenvalue weighted by Gasteiger charge is 2.37. The molecule has 17 heavy (non-hydrogen) atoms. The third kappa shape index (κ3) is 2.96. The molecule has 1 saturated carbocycles. The molecule has 1 aliphatic carbocycles. The SMILES string of the molecule is O=C(NC1(CBr)CCC1)c1cc(Cl)ccc1I. The standard InChI is InChI=1S/C12H12BrClINO/c13-7-12(4-1-5-12)16-11(17)9-6-8(14)2-3-10(9)15/h2-3,6H,1,4-5,7H2,(H,16,17). The second-order valence-electron chi connectivity index (χ2n) is 4.35. The lowest BCUT2D eigenvalue weighted by atomic mass is 9.78. The molecule has 1 fully saturated rings. The molecule has 2 nitrogen and oxygen atoms in total. The molecule has 0 bridgehead atoms. The molecule has 1 aliphatic rings. The fourth-order valence-electron chi connectivity index (χ4n) is 1.88. The number of hydrogen-bond donors (Lipinski definition) is 1. The van der Waals surface area contributed by atoms with Crippen molar-refractivity contribution in [2.24, 2.45) is 0 Å². The lowest BCUT2D eigenvalue weighted by Crippen LogP contribution is -2.55. The second kappa shape index (κ2) is 5.45. The van der Waals surface area contributed by atoms with Crippen LogP contribution in [-0.4, -0.2) is 16.8 Å². The predicted octanol–water partition coefficient (Wildman–Crippen LogP) is 3.99. The molecule has 0 heterocycles. The van der Waals surface area contributed by atoms with E-state index in [1.54, 1.807) is 12.1 Å². The van der Waals surface area contributed by atoms with Crippen molar-refractivity contribution in [3.63, 3.8) is 0 Å². The minimum Gasteiger partial charge on any atom is -0.346 e. The van der Waals surface area contributed by atoms with E-state index in [1.807, 2.05) is 6.07 Å². The summed E-state index contributed by atoms with van der Waals surface area (Å²) in [5.41, 5.74) is 0.605. The summed E-state index contributed by atoms with van der Waals surface area (Å²) in [6.07, 6.45) is 3.26. The van der Waals surface area contributed by atoms with Crippen LogP contribution < -0.4 is 5.32 Å². The largest absolute Gasteiger partial charge is 0.346 e. The van der Waals surface area contributed by atoms with Gasteiger partial charge in [-0.05, 0) is 60.1 Å². The first-order valence-electron chi connectivity index (χ1n) is 5.40. The maximum absolute atomic E-state index is 12.2. The molecule has 5 heteroatoms. The predicted molar refractivity (Wildman–Crippen MR) is 82.0 cm³/mol. The molecule has 0 spiro atoms. The first-order chi connectivity index (χ1) is 8.06. The zero-order chi connectivity index (χ0) is 12.5. The summed E-state index contributed by atoms with van der Waals surface area (Å²) in [5.74, 6) is -0.0314. The van der Waals surface area contributed by atoms with E-state index in [-0.39, 0.29) is 11.4 Å². The highest BCUT2D eigenvalue weighted by molar-refractivity contribution is 14.1. The van der Waals surface area contributed by atoms with E-state index in [0.29, 0.717) is 10.6 Å². The van der Waals surface area contributed by atoms with Crippen molar-refractivity contribution >= 4 is 56.0 Å². The molecule has 1 aromatic rings. The average Bonchev–Trinajstić information content (AvgIpc) is 2.26. The summed E-state index contributed by atoms with van der Waals surface area (Å²) in [5, 5.41) is 4.52. The fourth-order valence-corrected chi connectivity index (χ4v) is 3.33. The Morgan fingerprint density at radius 2 is 2.24 bits per heavy atom. The number of alkyl halides is 1. The van der Waals surface area contributed by atoms with Gasteiger partial charge in [0, 0.05) is 13.9 Å². The van der Waals surface area contributed by atoms with Crippen LogP contribution in [0, 0.1) is 3.57 Å². The van der Waals surface area contributed by atoms with Gasteiger partial charge in [0.2, 0.25) is 0 Å². The minimum atomic E-state index is -0.0531. The van der Waals surface area contributed by atoms with E-state index in [0.717, 1.165) is 21.7 Å². The third-order valence-electron chi connectivity index (χ3n) is 3.12. The number of hydrogen-bond acceptors (Lipinski definition) is 1. The molecular weight excluding hydrogens is 416 g/mol. The monoisotopic (exact) mass is 427 g/mol. The Balaban J connectivity index is 2.17. The van der Waals surface area contributed by atoms with Crippen molar-refractivity contribution < 1.29 is 4.79 Å². The van der Waals surface area contributed by atoms with Crippen LogP contribution in [0.1, 0.15) is 29.6 Å². The van der Waals surface area contributed by atoms with Crippen molar-refractivity contribution in [2.75, 3.05) is 5.33 Å². The Morgan fingerprint density at radius 3 is 2.76 bits per heavy atom. The maximum atomic E-state index is 12.2. The molecular formula is C12H12BrClINO. The van der Waals surface area contributed by atoms with Crippen molar-refractivity contribution in [1.82, 2.24) is 5.32 Å². The number of benzene rings is 1. The molecule has 92 valence electrons. The Morgan fingerprint density at radius 1 is 1.53 bits per heavy atom. The van der Waals surface area contributed by atoms with Gasteiger partial charge in [-0.2, -0.15) is 0 Å². The summed E-state index contributed by atoms with van der Waals surface area (Å²) in [4.78, 5) is 12.2. The average molecular weight is 428 g/mol. The van der Waals surface area contributed by atoms with Gasteiger partial charge in [0.1, 0.15) is 0 Å². The normalized spacial score (nSPS) is 17.4. The van der Waals surface area contributed by atoms with Gasteiger partial charge in [-0.25, -0.2) is 0 Å². The first-order valence-corrected chi connectivity index (χ1v) is 7.98. The molecule has 1 N–H and O–H groups in total. The topological polar surface area (TPSA) is 29.1 Å². The molecule has 0 aromatic heterocycles. The van der Waals surface area contributed by atoms with Crippen LogP contribution in [0.5, 0.6) is 0 Å². The van der Waals surface area contributed by atoms with Crippen molar-refractivity contribution in [1.29, 1.82) is 0 Å². The van der Waals surface area contributed by atoms with E-state index in [4.69, 9.17) is 11.6 Å². The number of carbonyl (C=O) groups is 1. The Kier molecular flexibility index (Phi) is 4.36. The highest BCUT2D eigenvalue weighted by Crippen LogP contribution is 2.34. The minimum absolute atomic E-state index is 0.0314. The molecule has 0 aliphatic heterocycles. The van der Waals surface area contributed by atoms with Gasteiger partial charge in [-0.3, -0.25) is 4.79 Å². The van der Waals surface area contributed by atoms with Crippen LogP contribution >= 0.6 is 50.1 Å². The summed E-state index contributed by atoms with van der Waals surface area (Å²) in [7, 11) is 0. The van der Waals surface area contributed by atoms with Gasteiger partial charge in [-0.1, -0.05) is 27.5 Å². The zero-order valence-corrected chi connectivity index (χ0v) is 13.6. The van der Waals surface area contributed by atoms with Crippen molar-refractivity contribution in [2.45, 2.75) is 24.8 Å².